The molecular weight excluding hydrogens is 132 g/mol. The molecule has 0 bridgehead atoms. The van der Waals surface area contributed by atoms with E-state index in [4.69, 9.17) is 5.11 Å². The largest absolute Gasteiger partial charge is 0.477 e. The van der Waals surface area contributed by atoms with Crippen molar-refractivity contribution >= 4 is 11.7 Å². The van der Waals surface area contributed by atoms with E-state index in [1.807, 2.05) is 0 Å². The first-order valence-corrected chi connectivity index (χ1v) is 2.92. The zero-order chi connectivity index (χ0) is 7.56. The number of hydrogen-bond acceptors (Lipinski definition) is 3. The van der Waals surface area contributed by atoms with Gasteiger partial charge in [-0.05, 0) is 0 Å². The normalized spacial score (nSPS) is 23.2. The highest BCUT2D eigenvalue weighted by Gasteiger charge is 2.20. The molecule has 0 saturated heterocycles. The predicted molar refractivity (Wildman–Crippen MR) is 36.8 cm³/mol. The molecule has 0 amide bonds. The second kappa shape index (κ2) is 2.51. The van der Waals surface area contributed by atoms with Gasteiger partial charge in [0, 0.05) is 6.42 Å². The molecule has 0 aromatic heterocycles. The standard InChI is InChI=1S/C6H8N2O2/c1-2-4-3-5(6(9)10)8-7-4/h2,4,7H,1,3H2,(H,9,10). The highest BCUT2D eigenvalue weighted by atomic mass is 16.4. The summed E-state index contributed by atoms with van der Waals surface area (Å²) in [6.07, 6.45) is 2.07. The van der Waals surface area contributed by atoms with Crippen LogP contribution in [0.2, 0.25) is 0 Å². The van der Waals surface area contributed by atoms with Crippen molar-refractivity contribution in [3.8, 4) is 0 Å². The van der Waals surface area contributed by atoms with E-state index in [1.54, 1.807) is 6.08 Å². The molecule has 1 atom stereocenters. The van der Waals surface area contributed by atoms with E-state index in [9.17, 15) is 4.79 Å². The third-order valence-corrected chi connectivity index (χ3v) is 1.31. The molecule has 0 aromatic rings. The fraction of sp³-hybridized carbons (Fsp3) is 0.333. The lowest BCUT2D eigenvalue weighted by molar-refractivity contribution is -0.129. The number of carboxylic acids is 1. The number of carboxylic acid groups (broad SMARTS) is 1. The number of nitrogens with zero attached hydrogens (tertiary/aromatic N) is 1. The van der Waals surface area contributed by atoms with Crippen LogP contribution < -0.4 is 5.43 Å². The summed E-state index contributed by atoms with van der Waals surface area (Å²) in [5.41, 5.74) is 2.80. The van der Waals surface area contributed by atoms with Gasteiger partial charge in [-0.15, -0.1) is 6.58 Å². The van der Waals surface area contributed by atoms with Crippen LogP contribution in [0.5, 0.6) is 0 Å². The highest BCUT2D eigenvalue weighted by molar-refractivity contribution is 6.36. The fourth-order valence-electron chi connectivity index (χ4n) is 0.732. The molecule has 10 heavy (non-hydrogen) atoms. The number of hydrogen-bond donors (Lipinski definition) is 2. The van der Waals surface area contributed by atoms with Crippen molar-refractivity contribution in [1.82, 2.24) is 5.43 Å². The van der Waals surface area contributed by atoms with Crippen LogP contribution in [0.3, 0.4) is 0 Å². The summed E-state index contributed by atoms with van der Waals surface area (Å²) < 4.78 is 0. The summed E-state index contributed by atoms with van der Waals surface area (Å²) in [6.45, 7) is 3.51. The lowest BCUT2D eigenvalue weighted by Crippen LogP contribution is -2.16. The number of rotatable bonds is 2. The third kappa shape index (κ3) is 1.15. The monoisotopic (exact) mass is 140 g/mol. The van der Waals surface area contributed by atoms with Crippen LogP contribution in [0.15, 0.2) is 17.8 Å². The van der Waals surface area contributed by atoms with Gasteiger partial charge in [0.05, 0.1) is 6.04 Å². The Hall–Kier alpha value is -1.32. The van der Waals surface area contributed by atoms with E-state index in [-0.39, 0.29) is 11.8 Å². The van der Waals surface area contributed by atoms with E-state index in [1.165, 1.54) is 0 Å². The summed E-state index contributed by atoms with van der Waals surface area (Å²) in [7, 11) is 0. The average molecular weight is 140 g/mol. The van der Waals surface area contributed by atoms with Crippen LogP contribution in [0.1, 0.15) is 6.42 Å². The minimum absolute atomic E-state index is 0.00824. The van der Waals surface area contributed by atoms with Crippen molar-refractivity contribution in [2.75, 3.05) is 0 Å². The first-order valence-electron chi connectivity index (χ1n) is 2.92. The van der Waals surface area contributed by atoms with Gasteiger partial charge < -0.3 is 10.5 Å². The smallest absolute Gasteiger partial charge is 0.352 e. The van der Waals surface area contributed by atoms with Crippen molar-refractivity contribution in [1.29, 1.82) is 0 Å². The summed E-state index contributed by atoms with van der Waals surface area (Å²) in [5, 5.41) is 12.0. The van der Waals surface area contributed by atoms with Crippen LogP contribution in [0.25, 0.3) is 0 Å². The number of carbonyl (C=O) groups is 1. The van der Waals surface area contributed by atoms with Crippen molar-refractivity contribution in [2.24, 2.45) is 5.10 Å². The van der Waals surface area contributed by atoms with Gasteiger partial charge in [0.25, 0.3) is 0 Å². The Morgan fingerprint density at radius 3 is 3.00 bits per heavy atom. The third-order valence-electron chi connectivity index (χ3n) is 1.31. The zero-order valence-electron chi connectivity index (χ0n) is 5.37. The molecule has 0 spiro atoms. The summed E-state index contributed by atoms with van der Waals surface area (Å²) >= 11 is 0. The molecule has 0 aliphatic carbocycles. The van der Waals surface area contributed by atoms with Crippen molar-refractivity contribution in [2.45, 2.75) is 12.5 Å². The highest BCUT2D eigenvalue weighted by Crippen LogP contribution is 2.03. The molecule has 1 heterocycles. The zero-order valence-corrected chi connectivity index (χ0v) is 5.37. The van der Waals surface area contributed by atoms with Crippen molar-refractivity contribution in [3.63, 3.8) is 0 Å². The Kier molecular flexibility index (Phi) is 1.71. The van der Waals surface area contributed by atoms with Gasteiger partial charge in [-0.3, -0.25) is 0 Å². The van der Waals surface area contributed by atoms with E-state index < -0.39 is 5.97 Å². The Bertz CT molecular complexity index is 198. The minimum atomic E-state index is -0.961. The second-order valence-corrected chi connectivity index (χ2v) is 2.04. The summed E-state index contributed by atoms with van der Waals surface area (Å²) in [5.74, 6) is -0.961. The topological polar surface area (TPSA) is 61.7 Å². The van der Waals surface area contributed by atoms with Crippen LogP contribution in [-0.2, 0) is 4.79 Å². The molecule has 54 valence electrons. The van der Waals surface area contributed by atoms with Crippen LogP contribution in [-0.4, -0.2) is 22.8 Å². The number of hydrazone groups is 1. The Labute approximate surface area is 58.2 Å². The van der Waals surface area contributed by atoms with Crippen molar-refractivity contribution in [3.05, 3.63) is 12.7 Å². The Morgan fingerprint density at radius 1 is 2.00 bits per heavy atom. The second-order valence-electron chi connectivity index (χ2n) is 2.04. The lowest BCUT2D eigenvalue weighted by atomic mass is 10.1. The molecule has 0 saturated carbocycles. The number of aliphatic carboxylic acids is 1. The SMILES string of the molecule is C=CC1CC(C(=O)O)=NN1. The summed E-state index contributed by atoms with van der Waals surface area (Å²) in [4.78, 5) is 10.3. The Morgan fingerprint density at radius 2 is 2.70 bits per heavy atom. The summed E-state index contributed by atoms with van der Waals surface area (Å²) in [6, 6.07) is -0.00824. The average Bonchev–Trinajstić information content (AvgIpc) is 2.34. The molecule has 2 N–H and O–H groups in total. The predicted octanol–water partition coefficient (Wildman–Crippen LogP) is -0.0251. The van der Waals surface area contributed by atoms with E-state index in [0.717, 1.165) is 0 Å². The van der Waals surface area contributed by atoms with Gasteiger partial charge >= 0.3 is 5.97 Å². The fourth-order valence-corrected chi connectivity index (χ4v) is 0.732. The van der Waals surface area contributed by atoms with Gasteiger partial charge in [0.2, 0.25) is 0 Å². The minimum Gasteiger partial charge on any atom is -0.477 e. The lowest BCUT2D eigenvalue weighted by Gasteiger charge is -1.98. The molecule has 1 rings (SSSR count). The van der Waals surface area contributed by atoms with E-state index in [2.05, 4.69) is 17.1 Å². The molecule has 4 heteroatoms. The maximum absolute atomic E-state index is 10.3. The van der Waals surface area contributed by atoms with Gasteiger partial charge in [-0.1, -0.05) is 6.08 Å². The van der Waals surface area contributed by atoms with Crippen LogP contribution in [0.4, 0.5) is 0 Å². The molecule has 0 aromatic carbocycles. The van der Waals surface area contributed by atoms with Gasteiger partial charge in [0.1, 0.15) is 5.71 Å². The molecule has 0 fully saturated rings. The maximum Gasteiger partial charge on any atom is 0.352 e. The molecule has 1 aliphatic rings. The first kappa shape index (κ1) is 6.80. The van der Waals surface area contributed by atoms with Crippen LogP contribution in [0, 0.1) is 0 Å². The van der Waals surface area contributed by atoms with Gasteiger partial charge in [0.15, 0.2) is 0 Å². The van der Waals surface area contributed by atoms with E-state index in [0.29, 0.717) is 6.42 Å². The van der Waals surface area contributed by atoms with Crippen molar-refractivity contribution < 1.29 is 9.90 Å². The van der Waals surface area contributed by atoms with Crippen LogP contribution >= 0.6 is 0 Å². The first-order chi connectivity index (χ1) is 4.74. The Balaban J connectivity index is 2.54. The van der Waals surface area contributed by atoms with Gasteiger partial charge in [-0.2, -0.15) is 5.10 Å². The molecule has 1 aliphatic heterocycles. The quantitative estimate of drug-likeness (QED) is 0.529. The maximum atomic E-state index is 10.3. The molecule has 1 unspecified atom stereocenters. The van der Waals surface area contributed by atoms with Gasteiger partial charge in [-0.25, -0.2) is 4.79 Å². The number of nitrogens with one attached hydrogen (secondary N) is 1. The molecular formula is C6H8N2O2. The van der Waals surface area contributed by atoms with E-state index >= 15 is 0 Å². The molecule has 4 nitrogen and oxygen atoms in total. The molecule has 0 radical (unpaired) electrons.